The van der Waals surface area contributed by atoms with Crippen LogP contribution in [-0.2, 0) is 6.42 Å². The molecule has 0 amide bonds. The van der Waals surface area contributed by atoms with Gasteiger partial charge in [-0.1, -0.05) is 0 Å². The van der Waals surface area contributed by atoms with Gasteiger partial charge in [0.15, 0.2) is 0 Å². The summed E-state index contributed by atoms with van der Waals surface area (Å²) in [7, 11) is 0. The Morgan fingerprint density at radius 3 is 3.08 bits per heavy atom. The number of fused-ring (bicyclic) bond motifs is 1. The maximum atomic E-state index is 12.8. The topological polar surface area (TPSA) is 30.9 Å². The molecule has 0 radical (unpaired) electrons. The Bertz CT molecular complexity index is 312. The fraction of sp³-hybridized carbons (Fsp3) is 0.400. The monoisotopic (exact) mass is 181 g/mol. The van der Waals surface area contributed by atoms with Gasteiger partial charge in [0.25, 0.3) is 0 Å². The van der Waals surface area contributed by atoms with E-state index in [2.05, 4.69) is 10.6 Å². The number of rotatable bonds is 2. The van der Waals surface area contributed by atoms with Crippen LogP contribution in [0.4, 0.5) is 10.1 Å². The zero-order chi connectivity index (χ0) is 9.26. The molecule has 0 atom stereocenters. The quantitative estimate of drug-likeness (QED) is 0.704. The van der Waals surface area contributed by atoms with E-state index >= 15 is 0 Å². The van der Waals surface area contributed by atoms with Gasteiger partial charge in [-0.15, -0.1) is 0 Å². The van der Waals surface area contributed by atoms with Gasteiger partial charge in [0.2, 0.25) is 0 Å². The molecule has 2 nitrogen and oxygen atoms in total. The molecule has 0 bridgehead atoms. The van der Waals surface area contributed by atoms with Gasteiger partial charge in [-0.2, -0.15) is 0 Å². The molecule has 1 aromatic rings. The lowest BCUT2D eigenvalue weighted by Crippen LogP contribution is -2.54. The second kappa shape index (κ2) is 3.34. The first kappa shape index (κ1) is 8.51. The van der Waals surface area contributed by atoms with Crippen LogP contribution in [0.25, 0.3) is 0 Å². The van der Waals surface area contributed by atoms with E-state index in [1.165, 1.54) is 11.8 Å². The Morgan fingerprint density at radius 2 is 2.31 bits per heavy atom. The largest absolute Gasteiger partial charge is 0.365 e. The normalized spacial score (nSPS) is 14.8. The predicted octanol–water partition coefficient (Wildman–Crippen LogP) is 0.430. The van der Waals surface area contributed by atoms with E-state index in [9.17, 15) is 4.39 Å². The summed E-state index contributed by atoms with van der Waals surface area (Å²) >= 11 is 0. The van der Waals surface area contributed by atoms with E-state index in [0.29, 0.717) is 0 Å². The predicted molar refractivity (Wildman–Crippen MR) is 50.1 cm³/mol. The van der Waals surface area contributed by atoms with Crippen molar-refractivity contribution in [2.24, 2.45) is 0 Å². The molecule has 1 heterocycles. The number of nitrogens with zero attached hydrogens (tertiary/aromatic N) is 1. The Labute approximate surface area is 77.2 Å². The van der Waals surface area contributed by atoms with Crippen LogP contribution in [0.2, 0.25) is 0 Å². The molecule has 70 valence electrons. The van der Waals surface area contributed by atoms with Crippen molar-refractivity contribution in [3.05, 3.63) is 29.6 Å². The van der Waals surface area contributed by atoms with Crippen molar-refractivity contribution in [1.29, 1.82) is 0 Å². The van der Waals surface area contributed by atoms with E-state index < -0.39 is 0 Å². The average Bonchev–Trinajstić information content (AvgIpc) is 2.49. The summed E-state index contributed by atoms with van der Waals surface area (Å²) in [6, 6.07) is 5.03. The van der Waals surface area contributed by atoms with Gasteiger partial charge in [0, 0.05) is 12.2 Å². The van der Waals surface area contributed by atoms with Crippen molar-refractivity contribution in [1.82, 2.24) is 0 Å². The van der Waals surface area contributed by atoms with Crippen molar-refractivity contribution < 1.29 is 10.1 Å². The van der Waals surface area contributed by atoms with Crippen molar-refractivity contribution in [3.63, 3.8) is 0 Å². The van der Waals surface area contributed by atoms with Crippen LogP contribution in [0.5, 0.6) is 0 Å². The Balaban J connectivity index is 2.27. The number of anilines is 1. The van der Waals surface area contributed by atoms with Crippen LogP contribution >= 0.6 is 0 Å². The molecule has 3 N–H and O–H groups in total. The highest BCUT2D eigenvalue weighted by molar-refractivity contribution is 5.57. The molecule has 1 aromatic carbocycles. The van der Waals surface area contributed by atoms with Crippen LogP contribution < -0.4 is 10.6 Å². The van der Waals surface area contributed by atoms with Crippen molar-refractivity contribution in [3.8, 4) is 0 Å². The van der Waals surface area contributed by atoms with Crippen LogP contribution in [-0.4, -0.2) is 19.6 Å². The standard InChI is InChI=1S/C10H13FN2/c11-9-1-2-10-8(7-9)3-5-13(10)6-4-12/h1-2,7H,3-6,12H2/p+1. The highest BCUT2D eigenvalue weighted by Gasteiger charge is 2.18. The zero-order valence-electron chi connectivity index (χ0n) is 7.59. The minimum atomic E-state index is -0.129. The van der Waals surface area contributed by atoms with Crippen molar-refractivity contribution in [2.75, 3.05) is 24.5 Å². The maximum Gasteiger partial charge on any atom is 0.123 e. The summed E-state index contributed by atoms with van der Waals surface area (Å²) in [4.78, 5) is 2.27. The molecule has 0 aliphatic carbocycles. The molecule has 0 aromatic heterocycles. The second-order valence-corrected chi connectivity index (χ2v) is 3.36. The zero-order valence-corrected chi connectivity index (χ0v) is 7.59. The van der Waals surface area contributed by atoms with Gasteiger partial charge >= 0.3 is 0 Å². The van der Waals surface area contributed by atoms with Crippen LogP contribution in [0, 0.1) is 5.82 Å². The van der Waals surface area contributed by atoms with Gasteiger partial charge in [0.05, 0.1) is 13.1 Å². The third-order valence-electron chi connectivity index (χ3n) is 2.46. The summed E-state index contributed by atoms with van der Waals surface area (Å²) in [5.74, 6) is -0.129. The lowest BCUT2D eigenvalue weighted by atomic mass is 10.2. The Morgan fingerprint density at radius 1 is 1.46 bits per heavy atom. The van der Waals surface area contributed by atoms with Crippen LogP contribution in [0.15, 0.2) is 18.2 Å². The molecular weight excluding hydrogens is 167 g/mol. The number of benzene rings is 1. The third-order valence-corrected chi connectivity index (χ3v) is 2.46. The lowest BCUT2D eigenvalue weighted by molar-refractivity contribution is -0.363. The summed E-state index contributed by atoms with van der Waals surface area (Å²) < 4.78 is 12.8. The van der Waals surface area contributed by atoms with Gasteiger partial charge in [-0.25, -0.2) is 4.39 Å². The molecule has 0 unspecified atom stereocenters. The van der Waals surface area contributed by atoms with Gasteiger partial charge < -0.3 is 10.6 Å². The van der Waals surface area contributed by atoms with E-state index in [1.54, 1.807) is 6.07 Å². The third kappa shape index (κ3) is 1.52. The molecule has 0 spiro atoms. The van der Waals surface area contributed by atoms with E-state index in [1.807, 2.05) is 6.07 Å². The first-order valence-corrected chi connectivity index (χ1v) is 4.64. The highest BCUT2D eigenvalue weighted by atomic mass is 19.1. The molecule has 1 aliphatic rings. The van der Waals surface area contributed by atoms with E-state index in [0.717, 1.165) is 31.6 Å². The highest BCUT2D eigenvalue weighted by Crippen LogP contribution is 2.27. The SMILES string of the molecule is [NH3+]CCN1CCc2cc(F)ccc21. The number of hydrogen-bond acceptors (Lipinski definition) is 1. The first-order chi connectivity index (χ1) is 6.31. The van der Waals surface area contributed by atoms with Crippen molar-refractivity contribution in [2.45, 2.75) is 6.42 Å². The van der Waals surface area contributed by atoms with Crippen LogP contribution in [0.3, 0.4) is 0 Å². The smallest absolute Gasteiger partial charge is 0.123 e. The molecule has 0 saturated heterocycles. The van der Waals surface area contributed by atoms with Gasteiger partial charge in [-0.3, -0.25) is 0 Å². The Kier molecular flexibility index (Phi) is 2.19. The number of hydrogen-bond donors (Lipinski definition) is 1. The van der Waals surface area contributed by atoms with E-state index in [4.69, 9.17) is 0 Å². The van der Waals surface area contributed by atoms with Gasteiger partial charge in [0.1, 0.15) is 5.82 Å². The molecule has 2 rings (SSSR count). The summed E-state index contributed by atoms with van der Waals surface area (Å²) in [5.41, 5.74) is 6.14. The average molecular weight is 181 g/mol. The van der Waals surface area contributed by atoms with E-state index in [-0.39, 0.29) is 5.82 Å². The maximum absolute atomic E-state index is 12.8. The summed E-state index contributed by atoms with van der Waals surface area (Å²) in [6.07, 6.45) is 0.965. The fourth-order valence-electron chi connectivity index (χ4n) is 1.86. The first-order valence-electron chi connectivity index (χ1n) is 4.64. The second-order valence-electron chi connectivity index (χ2n) is 3.36. The molecule has 0 fully saturated rings. The van der Waals surface area contributed by atoms with Crippen molar-refractivity contribution >= 4 is 5.69 Å². The minimum absolute atomic E-state index is 0.129. The fourth-order valence-corrected chi connectivity index (χ4v) is 1.86. The lowest BCUT2D eigenvalue weighted by Gasteiger charge is -2.16. The summed E-state index contributed by atoms with van der Waals surface area (Å²) in [6.45, 7) is 2.88. The molecule has 0 saturated carbocycles. The molecule has 13 heavy (non-hydrogen) atoms. The minimum Gasteiger partial charge on any atom is -0.365 e. The van der Waals surface area contributed by atoms with Crippen LogP contribution in [0.1, 0.15) is 5.56 Å². The number of halogens is 1. The Hall–Kier alpha value is -1.09. The molecular formula is C10H14FN2+. The molecule has 3 heteroatoms. The van der Waals surface area contributed by atoms with Gasteiger partial charge in [-0.05, 0) is 30.2 Å². The summed E-state index contributed by atoms with van der Waals surface area (Å²) in [5, 5.41) is 0. The number of quaternary nitrogens is 1. The molecule has 1 aliphatic heterocycles.